The highest BCUT2D eigenvalue weighted by atomic mass is 32.2. The molecule has 1 aromatic carbocycles. The van der Waals surface area contributed by atoms with Crippen LogP contribution in [0.25, 0.3) is 0 Å². The Kier molecular flexibility index (Phi) is 3.81. The summed E-state index contributed by atoms with van der Waals surface area (Å²) in [5, 5.41) is 4.85. The van der Waals surface area contributed by atoms with Crippen molar-refractivity contribution in [2.24, 2.45) is 5.14 Å². The third-order valence-electron chi connectivity index (χ3n) is 1.72. The van der Waals surface area contributed by atoms with Gasteiger partial charge in [0.15, 0.2) is 4.91 Å². The predicted molar refractivity (Wildman–Crippen MR) is 58.9 cm³/mol. The van der Waals surface area contributed by atoms with E-state index in [1.807, 2.05) is 0 Å². The summed E-state index contributed by atoms with van der Waals surface area (Å²) in [4.78, 5) is 10.9. The summed E-state index contributed by atoms with van der Waals surface area (Å²) in [5.74, 6) is -0.730. The van der Waals surface area contributed by atoms with Crippen molar-refractivity contribution >= 4 is 16.0 Å². The smallest absolute Gasteiger partial charge is 0.356 e. The van der Waals surface area contributed by atoms with Crippen LogP contribution in [0.2, 0.25) is 0 Å². The molecule has 0 atom stereocenters. The summed E-state index contributed by atoms with van der Waals surface area (Å²) in [6.45, 7) is 1.39. The number of carbonyl (C=O) groups is 1. The third kappa shape index (κ3) is 3.18. The lowest BCUT2D eigenvalue weighted by atomic mass is 10.3. The van der Waals surface area contributed by atoms with Crippen molar-refractivity contribution in [2.45, 2.75) is 6.92 Å². The number of nitrogens with two attached hydrogens (primary N) is 1. The Labute approximate surface area is 93.6 Å². The van der Waals surface area contributed by atoms with E-state index in [-0.39, 0.29) is 5.75 Å². The number of carbonyl (C=O) groups excluding carboxylic acids is 1. The van der Waals surface area contributed by atoms with Gasteiger partial charge >= 0.3 is 5.97 Å². The number of sulfonamides is 1. The molecule has 0 aromatic heterocycles. The molecule has 0 spiro atoms. The minimum absolute atomic E-state index is 0.260. The average Bonchev–Trinajstić information content (AvgIpc) is 2.17. The van der Waals surface area contributed by atoms with E-state index in [0.717, 1.165) is 6.08 Å². The molecule has 0 fully saturated rings. The van der Waals surface area contributed by atoms with Gasteiger partial charge in [0.2, 0.25) is 10.0 Å². The first kappa shape index (κ1) is 12.4. The van der Waals surface area contributed by atoms with Crippen LogP contribution in [-0.4, -0.2) is 14.4 Å². The van der Waals surface area contributed by atoms with Gasteiger partial charge in [-0.2, -0.15) is 0 Å². The monoisotopic (exact) mass is 241 g/mol. The lowest BCUT2D eigenvalue weighted by molar-refractivity contribution is -0.129. The van der Waals surface area contributed by atoms with Gasteiger partial charge in [0.25, 0.3) is 0 Å². The fourth-order valence-corrected chi connectivity index (χ4v) is 1.65. The zero-order chi connectivity index (χ0) is 12.2. The number of para-hydroxylation sites is 1. The molecule has 2 N–H and O–H groups in total. The van der Waals surface area contributed by atoms with Gasteiger partial charge in [-0.15, -0.1) is 0 Å². The average molecular weight is 241 g/mol. The van der Waals surface area contributed by atoms with Gasteiger partial charge < -0.3 is 4.74 Å². The van der Waals surface area contributed by atoms with Gasteiger partial charge in [0, 0.05) is 0 Å². The second kappa shape index (κ2) is 4.91. The largest absolute Gasteiger partial charge is 0.422 e. The fourth-order valence-electron chi connectivity index (χ4n) is 1.04. The third-order valence-corrected chi connectivity index (χ3v) is 2.74. The van der Waals surface area contributed by atoms with Crippen LogP contribution in [0.5, 0.6) is 5.75 Å². The number of allylic oxidation sites excluding steroid dienone is 1. The first-order valence-corrected chi connectivity index (χ1v) is 5.96. The molecular formula is C10H11NO4S. The first-order valence-electron chi connectivity index (χ1n) is 4.41. The maximum atomic E-state index is 11.4. The van der Waals surface area contributed by atoms with Crippen LogP contribution >= 0.6 is 0 Å². The van der Waals surface area contributed by atoms with E-state index < -0.39 is 20.9 Å². The predicted octanol–water partition coefficient (Wildman–Crippen LogP) is 0.784. The molecule has 0 aliphatic heterocycles. The number of hydrogen-bond acceptors (Lipinski definition) is 4. The zero-order valence-corrected chi connectivity index (χ0v) is 9.40. The van der Waals surface area contributed by atoms with Gasteiger partial charge in [0.1, 0.15) is 5.75 Å². The number of rotatable bonds is 3. The lowest BCUT2D eigenvalue weighted by Crippen LogP contribution is -2.24. The summed E-state index contributed by atoms with van der Waals surface area (Å²) in [6, 6.07) is 8.14. The van der Waals surface area contributed by atoms with Crippen LogP contribution in [0.15, 0.2) is 41.3 Å². The second-order valence-electron chi connectivity index (χ2n) is 2.90. The molecule has 6 heteroatoms. The Bertz CT molecular complexity index is 505. The molecule has 1 rings (SSSR count). The molecule has 16 heavy (non-hydrogen) atoms. The highest BCUT2D eigenvalue weighted by Gasteiger charge is 2.21. The maximum absolute atomic E-state index is 11.4. The standard InChI is InChI=1S/C10H11NO4S/c1-2-9(16(11,13)14)10(12)15-8-6-4-3-5-7-8/h2-7H,1H3,(H2,11,13,14). The van der Waals surface area contributed by atoms with Gasteiger partial charge in [-0.1, -0.05) is 24.3 Å². The summed E-state index contributed by atoms with van der Waals surface area (Å²) in [5.41, 5.74) is 0. The molecule has 0 bridgehead atoms. The van der Waals surface area contributed by atoms with Crippen LogP contribution in [0, 0.1) is 0 Å². The number of primary sulfonamides is 1. The molecule has 0 heterocycles. The molecule has 0 amide bonds. The molecule has 0 aliphatic carbocycles. The van der Waals surface area contributed by atoms with Gasteiger partial charge in [-0.25, -0.2) is 18.4 Å². The van der Waals surface area contributed by atoms with Crippen LogP contribution in [0.4, 0.5) is 0 Å². The molecule has 0 radical (unpaired) electrons. The van der Waals surface area contributed by atoms with Crippen LogP contribution < -0.4 is 9.88 Å². The highest BCUT2D eigenvalue weighted by Crippen LogP contribution is 2.12. The maximum Gasteiger partial charge on any atom is 0.356 e. The lowest BCUT2D eigenvalue weighted by Gasteiger charge is -2.05. The van der Waals surface area contributed by atoms with E-state index in [9.17, 15) is 13.2 Å². The summed E-state index contributed by atoms with van der Waals surface area (Å²) in [7, 11) is -4.05. The Morgan fingerprint density at radius 3 is 2.31 bits per heavy atom. The summed E-state index contributed by atoms with van der Waals surface area (Å²) in [6.07, 6.45) is 1.10. The quantitative estimate of drug-likeness (QED) is 0.481. The SMILES string of the molecule is CC=C(C(=O)Oc1ccccc1)S(N)(=O)=O. The van der Waals surface area contributed by atoms with E-state index in [2.05, 4.69) is 0 Å². The number of esters is 1. The topological polar surface area (TPSA) is 86.5 Å². The van der Waals surface area contributed by atoms with Crippen molar-refractivity contribution in [3.8, 4) is 5.75 Å². The minimum Gasteiger partial charge on any atom is -0.422 e. The minimum atomic E-state index is -4.05. The molecule has 0 unspecified atom stereocenters. The van der Waals surface area contributed by atoms with E-state index >= 15 is 0 Å². The van der Waals surface area contributed by atoms with Crippen molar-refractivity contribution in [3.63, 3.8) is 0 Å². The normalized spacial score (nSPS) is 12.2. The van der Waals surface area contributed by atoms with Crippen molar-refractivity contribution in [1.82, 2.24) is 0 Å². The van der Waals surface area contributed by atoms with E-state index in [1.54, 1.807) is 18.2 Å². The van der Waals surface area contributed by atoms with Crippen molar-refractivity contribution in [2.75, 3.05) is 0 Å². The van der Waals surface area contributed by atoms with Crippen LogP contribution in [0.3, 0.4) is 0 Å². The van der Waals surface area contributed by atoms with Crippen molar-refractivity contribution in [1.29, 1.82) is 0 Å². The zero-order valence-electron chi connectivity index (χ0n) is 8.58. The fraction of sp³-hybridized carbons (Fsp3) is 0.100. The second-order valence-corrected chi connectivity index (χ2v) is 4.43. The Morgan fingerprint density at radius 1 is 1.31 bits per heavy atom. The van der Waals surface area contributed by atoms with E-state index in [4.69, 9.17) is 9.88 Å². The van der Waals surface area contributed by atoms with Crippen molar-refractivity contribution < 1.29 is 17.9 Å². The Morgan fingerprint density at radius 2 is 1.88 bits per heavy atom. The molecule has 1 aromatic rings. The number of ether oxygens (including phenoxy) is 1. The Balaban J connectivity index is 2.89. The number of hydrogen-bond donors (Lipinski definition) is 1. The first-order chi connectivity index (χ1) is 7.45. The molecule has 0 saturated carbocycles. The van der Waals surface area contributed by atoms with Gasteiger partial charge in [-0.3, -0.25) is 0 Å². The molecule has 0 saturated heterocycles. The van der Waals surface area contributed by atoms with Crippen molar-refractivity contribution in [3.05, 3.63) is 41.3 Å². The van der Waals surface area contributed by atoms with E-state index in [0.29, 0.717) is 0 Å². The Hall–Kier alpha value is -1.66. The summed E-state index contributed by atoms with van der Waals surface area (Å²) < 4.78 is 26.8. The van der Waals surface area contributed by atoms with Gasteiger partial charge in [0.05, 0.1) is 0 Å². The number of benzene rings is 1. The molecule has 5 nitrogen and oxygen atoms in total. The highest BCUT2D eigenvalue weighted by molar-refractivity contribution is 7.94. The molecular weight excluding hydrogens is 230 g/mol. The molecule has 86 valence electrons. The molecule has 0 aliphatic rings. The van der Waals surface area contributed by atoms with Crippen LogP contribution in [-0.2, 0) is 14.8 Å². The van der Waals surface area contributed by atoms with Gasteiger partial charge in [-0.05, 0) is 19.1 Å². The van der Waals surface area contributed by atoms with Crippen LogP contribution in [0.1, 0.15) is 6.92 Å². The summed E-state index contributed by atoms with van der Waals surface area (Å²) >= 11 is 0. The van der Waals surface area contributed by atoms with E-state index in [1.165, 1.54) is 19.1 Å².